The Hall–Kier alpha value is -3.32. The fraction of sp³-hybridized carbons (Fsp3) is 0.393. The molecule has 3 aromatic rings. The van der Waals surface area contributed by atoms with Gasteiger partial charge in [-0.3, -0.25) is 4.79 Å². The van der Waals surface area contributed by atoms with Crippen LogP contribution in [0, 0.1) is 5.82 Å². The Balaban J connectivity index is 1.55. The molecule has 0 radical (unpaired) electrons. The van der Waals surface area contributed by atoms with E-state index in [1.165, 1.54) is 12.5 Å². The second-order valence-electron chi connectivity index (χ2n) is 9.22. The molecule has 1 aliphatic carbocycles. The maximum absolute atomic E-state index is 15.0. The number of aromatic nitrogens is 2. The molecule has 0 N–H and O–H groups in total. The molecular formula is C28H31FN4O2. The first-order valence-electron chi connectivity index (χ1n) is 12.5. The van der Waals surface area contributed by atoms with Gasteiger partial charge in [0.25, 0.3) is 5.91 Å². The molecule has 1 aliphatic heterocycles. The van der Waals surface area contributed by atoms with Gasteiger partial charge in [-0.25, -0.2) is 14.4 Å². The Bertz CT molecular complexity index is 1140. The molecule has 2 heterocycles. The van der Waals surface area contributed by atoms with Gasteiger partial charge in [0.15, 0.2) is 0 Å². The Labute approximate surface area is 205 Å². The highest BCUT2D eigenvalue weighted by Gasteiger charge is 2.30. The van der Waals surface area contributed by atoms with E-state index in [0.717, 1.165) is 31.2 Å². The number of carbonyl (C=O) groups excluding carboxylic acids is 1. The lowest BCUT2D eigenvalue weighted by Gasteiger charge is -2.35. The van der Waals surface area contributed by atoms with Crippen LogP contribution >= 0.6 is 0 Å². The number of carbonyl (C=O) groups is 1. The Morgan fingerprint density at radius 1 is 1.00 bits per heavy atom. The van der Waals surface area contributed by atoms with Crippen LogP contribution in [0.1, 0.15) is 48.0 Å². The summed E-state index contributed by atoms with van der Waals surface area (Å²) in [4.78, 5) is 27.4. The number of hydrogen-bond donors (Lipinski definition) is 0. The van der Waals surface area contributed by atoms with E-state index in [9.17, 15) is 9.18 Å². The zero-order valence-electron chi connectivity index (χ0n) is 19.9. The van der Waals surface area contributed by atoms with E-state index in [0.29, 0.717) is 55.6 Å². The minimum atomic E-state index is -0.402. The zero-order chi connectivity index (χ0) is 24.0. The van der Waals surface area contributed by atoms with Crippen LogP contribution in [0.15, 0.2) is 60.8 Å². The predicted octanol–water partition coefficient (Wildman–Crippen LogP) is 5.09. The van der Waals surface area contributed by atoms with Crippen LogP contribution in [0.4, 0.5) is 10.3 Å². The van der Waals surface area contributed by atoms with Gasteiger partial charge >= 0.3 is 0 Å². The van der Waals surface area contributed by atoms with Crippen molar-refractivity contribution < 1.29 is 13.9 Å². The largest absolute Gasteiger partial charge is 0.378 e. The number of hydrogen-bond acceptors (Lipinski definition) is 5. The number of benzene rings is 2. The molecule has 1 amide bonds. The summed E-state index contributed by atoms with van der Waals surface area (Å²) in [7, 11) is 0. The fourth-order valence-corrected chi connectivity index (χ4v) is 5.00. The van der Waals surface area contributed by atoms with E-state index in [1.807, 2.05) is 40.1 Å². The first kappa shape index (κ1) is 23.4. The van der Waals surface area contributed by atoms with Crippen molar-refractivity contribution in [2.45, 2.75) is 44.7 Å². The summed E-state index contributed by atoms with van der Waals surface area (Å²) in [5.74, 6) is -0.0524. The van der Waals surface area contributed by atoms with Crippen molar-refractivity contribution in [3.8, 4) is 11.3 Å². The second-order valence-corrected chi connectivity index (χ2v) is 9.22. The number of halogens is 1. The third kappa shape index (κ3) is 5.35. The van der Waals surface area contributed by atoms with Crippen LogP contribution in [0.2, 0.25) is 0 Å². The van der Waals surface area contributed by atoms with E-state index in [2.05, 4.69) is 4.98 Å². The minimum absolute atomic E-state index is 0.142. The van der Waals surface area contributed by atoms with Gasteiger partial charge in [-0.15, -0.1) is 0 Å². The van der Waals surface area contributed by atoms with Gasteiger partial charge < -0.3 is 14.5 Å². The van der Waals surface area contributed by atoms with E-state index >= 15 is 0 Å². The second kappa shape index (κ2) is 11.0. The van der Waals surface area contributed by atoms with Gasteiger partial charge in [0, 0.05) is 37.4 Å². The lowest BCUT2D eigenvalue weighted by atomic mass is 9.93. The molecule has 1 saturated heterocycles. The lowest BCUT2D eigenvalue weighted by molar-refractivity contribution is 0.0614. The molecule has 5 rings (SSSR count). The number of amides is 1. The molecule has 2 aromatic carbocycles. The van der Waals surface area contributed by atoms with Crippen molar-refractivity contribution >= 4 is 11.9 Å². The van der Waals surface area contributed by atoms with Crippen molar-refractivity contribution in [3.05, 3.63) is 77.7 Å². The molecule has 182 valence electrons. The van der Waals surface area contributed by atoms with Gasteiger partial charge in [0.2, 0.25) is 5.95 Å². The SMILES string of the molecule is O=C(c1cnc(N2CCOCC2)nc1-c1ccccc1F)N(Cc1ccccc1)C1CCCCC1. The van der Waals surface area contributed by atoms with Crippen LogP contribution in [-0.2, 0) is 11.3 Å². The molecule has 2 aliphatic rings. The summed E-state index contributed by atoms with van der Waals surface area (Å²) in [6, 6.07) is 16.7. The summed E-state index contributed by atoms with van der Waals surface area (Å²) in [5, 5.41) is 0. The third-order valence-electron chi connectivity index (χ3n) is 6.90. The van der Waals surface area contributed by atoms with Crippen LogP contribution in [-0.4, -0.2) is 53.1 Å². The number of rotatable bonds is 6. The summed E-state index contributed by atoms with van der Waals surface area (Å²) >= 11 is 0. The van der Waals surface area contributed by atoms with Crippen LogP contribution < -0.4 is 4.90 Å². The maximum atomic E-state index is 15.0. The highest BCUT2D eigenvalue weighted by Crippen LogP contribution is 2.31. The first-order chi connectivity index (χ1) is 17.2. The van der Waals surface area contributed by atoms with Gasteiger partial charge in [-0.2, -0.15) is 0 Å². The number of morpholine rings is 1. The molecule has 1 saturated carbocycles. The zero-order valence-corrected chi connectivity index (χ0v) is 19.9. The standard InChI is InChI=1S/C28H31FN4O2/c29-25-14-8-7-13-23(25)26-24(19-30-28(31-26)32-15-17-35-18-16-32)27(34)33(22-11-5-2-6-12-22)20-21-9-3-1-4-10-21/h1,3-4,7-10,13-14,19,22H,2,5-6,11-12,15-18,20H2. The smallest absolute Gasteiger partial charge is 0.258 e. The topological polar surface area (TPSA) is 58.6 Å². The number of anilines is 1. The van der Waals surface area contributed by atoms with E-state index in [1.54, 1.807) is 24.4 Å². The van der Waals surface area contributed by atoms with Gasteiger partial charge in [-0.05, 0) is 30.5 Å². The van der Waals surface area contributed by atoms with Crippen molar-refractivity contribution in [3.63, 3.8) is 0 Å². The van der Waals surface area contributed by atoms with Gasteiger partial charge in [0.1, 0.15) is 5.82 Å². The highest BCUT2D eigenvalue weighted by atomic mass is 19.1. The van der Waals surface area contributed by atoms with Gasteiger partial charge in [-0.1, -0.05) is 61.7 Å². The molecule has 35 heavy (non-hydrogen) atoms. The van der Waals surface area contributed by atoms with Crippen LogP contribution in [0.25, 0.3) is 11.3 Å². The summed E-state index contributed by atoms with van der Waals surface area (Å²) < 4.78 is 20.4. The molecule has 7 heteroatoms. The Kier molecular flexibility index (Phi) is 7.33. The molecule has 2 fully saturated rings. The first-order valence-corrected chi connectivity index (χ1v) is 12.5. The molecule has 0 unspecified atom stereocenters. The normalized spacial score (nSPS) is 16.8. The molecular weight excluding hydrogens is 443 g/mol. The minimum Gasteiger partial charge on any atom is -0.378 e. The quantitative estimate of drug-likeness (QED) is 0.498. The molecule has 1 aromatic heterocycles. The van der Waals surface area contributed by atoms with Crippen molar-refractivity contribution in [2.24, 2.45) is 0 Å². The summed E-state index contributed by atoms with van der Waals surface area (Å²) in [6.45, 7) is 3.00. The Morgan fingerprint density at radius 2 is 1.71 bits per heavy atom. The summed E-state index contributed by atoms with van der Waals surface area (Å²) in [5.41, 5.74) is 2.08. The number of nitrogens with zero attached hydrogens (tertiary/aromatic N) is 4. The highest BCUT2D eigenvalue weighted by molar-refractivity contribution is 6.00. The fourth-order valence-electron chi connectivity index (χ4n) is 5.00. The van der Waals surface area contributed by atoms with E-state index < -0.39 is 5.82 Å². The Morgan fingerprint density at radius 3 is 2.46 bits per heavy atom. The van der Waals surface area contributed by atoms with E-state index in [-0.39, 0.29) is 11.9 Å². The van der Waals surface area contributed by atoms with E-state index in [4.69, 9.17) is 9.72 Å². The van der Waals surface area contributed by atoms with Crippen LogP contribution in [0.3, 0.4) is 0 Å². The third-order valence-corrected chi connectivity index (χ3v) is 6.90. The molecule has 0 atom stereocenters. The van der Waals surface area contributed by atoms with Crippen molar-refractivity contribution in [1.29, 1.82) is 0 Å². The average Bonchev–Trinajstić information content (AvgIpc) is 2.93. The average molecular weight is 475 g/mol. The predicted molar refractivity (Wildman–Crippen MR) is 134 cm³/mol. The maximum Gasteiger partial charge on any atom is 0.258 e. The molecule has 6 nitrogen and oxygen atoms in total. The molecule has 0 bridgehead atoms. The van der Waals surface area contributed by atoms with Crippen molar-refractivity contribution in [2.75, 3.05) is 31.2 Å². The van der Waals surface area contributed by atoms with Crippen LogP contribution in [0.5, 0.6) is 0 Å². The monoisotopic (exact) mass is 474 g/mol. The number of ether oxygens (including phenoxy) is 1. The lowest BCUT2D eigenvalue weighted by Crippen LogP contribution is -2.41. The summed E-state index contributed by atoms with van der Waals surface area (Å²) in [6.07, 6.45) is 6.94. The van der Waals surface area contributed by atoms with Gasteiger partial charge in [0.05, 0.1) is 24.5 Å². The van der Waals surface area contributed by atoms with Crippen molar-refractivity contribution in [1.82, 2.24) is 14.9 Å². The molecule has 0 spiro atoms.